The van der Waals surface area contributed by atoms with Gasteiger partial charge in [0.05, 0.1) is 6.10 Å². The molecule has 0 aromatic carbocycles. The zero-order valence-electron chi connectivity index (χ0n) is 11.7. The van der Waals surface area contributed by atoms with Gasteiger partial charge in [-0.25, -0.2) is 9.97 Å². The van der Waals surface area contributed by atoms with Gasteiger partial charge in [-0.3, -0.25) is 0 Å². The molecule has 1 aliphatic carbocycles. The fraction of sp³-hybridized carbons (Fsp3) is 0.733. The lowest BCUT2D eigenvalue weighted by molar-refractivity contribution is 0.121. The first-order valence-corrected chi connectivity index (χ1v) is 7.07. The topological polar surface area (TPSA) is 46.0 Å². The van der Waals surface area contributed by atoms with E-state index in [9.17, 15) is 5.11 Å². The number of aliphatic hydroxyl groups excluding tert-OH is 1. The molecule has 3 nitrogen and oxygen atoms in total. The molecule has 3 heteroatoms. The second-order valence-electron chi connectivity index (χ2n) is 5.96. The van der Waals surface area contributed by atoms with E-state index in [4.69, 9.17) is 4.98 Å². The zero-order valence-corrected chi connectivity index (χ0v) is 11.7. The molecule has 2 rings (SSSR count). The summed E-state index contributed by atoms with van der Waals surface area (Å²) in [6.07, 6.45) is 4.73. The van der Waals surface area contributed by atoms with Gasteiger partial charge in [-0.15, -0.1) is 0 Å². The Kier molecular flexibility index (Phi) is 4.33. The minimum absolute atomic E-state index is 0.110. The Bertz CT molecular complexity index is 395. The van der Waals surface area contributed by atoms with Gasteiger partial charge in [-0.05, 0) is 51.0 Å². The Hall–Kier alpha value is -0.960. The van der Waals surface area contributed by atoms with E-state index in [-0.39, 0.29) is 6.10 Å². The molecule has 1 heterocycles. The van der Waals surface area contributed by atoms with Crippen LogP contribution < -0.4 is 0 Å². The van der Waals surface area contributed by atoms with E-state index < -0.39 is 0 Å². The molecule has 100 valence electrons. The van der Waals surface area contributed by atoms with Crippen LogP contribution in [0.4, 0.5) is 0 Å². The van der Waals surface area contributed by atoms with Crippen molar-refractivity contribution >= 4 is 0 Å². The second-order valence-corrected chi connectivity index (χ2v) is 5.96. The van der Waals surface area contributed by atoms with Crippen LogP contribution in [0.25, 0.3) is 0 Å². The molecule has 1 aromatic heterocycles. The van der Waals surface area contributed by atoms with Crippen LogP contribution >= 0.6 is 0 Å². The van der Waals surface area contributed by atoms with Crippen molar-refractivity contribution in [3.05, 3.63) is 23.3 Å². The first kappa shape index (κ1) is 13.5. The van der Waals surface area contributed by atoms with E-state index in [1.165, 1.54) is 5.69 Å². The van der Waals surface area contributed by atoms with Crippen LogP contribution in [0, 0.1) is 12.8 Å². The number of nitrogens with zero attached hydrogens (tertiary/aromatic N) is 2. The molecular formula is C15H24N2O. The maximum absolute atomic E-state index is 9.56. The number of aryl methyl sites for hydroxylation is 1. The Morgan fingerprint density at radius 3 is 2.50 bits per heavy atom. The molecule has 0 amide bonds. The normalized spacial score (nSPS) is 24.5. The highest BCUT2D eigenvalue weighted by Gasteiger charge is 2.23. The summed E-state index contributed by atoms with van der Waals surface area (Å²) in [7, 11) is 0. The highest BCUT2D eigenvalue weighted by molar-refractivity contribution is 5.13. The molecule has 0 saturated heterocycles. The summed E-state index contributed by atoms with van der Waals surface area (Å²) in [5.41, 5.74) is 2.24. The number of rotatable bonds is 3. The highest BCUT2D eigenvalue weighted by Crippen LogP contribution is 2.31. The number of hydrogen-bond acceptors (Lipinski definition) is 3. The van der Waals surface area contributed by atoms with Crippen LogP contribution in [-0.4, -0.2) is 21.2 Å². The predicted octanol–water partition coefficient (Wildman–Crippen LogP) is 3.00. The van der Waals surface area contributed by atoms with E-state index in [1.54, 1.807) is 0 Å². The predicted molar refractivity (Wildman–Crippen MR) is 72.5 cm³/mol. The largest absolute Gasteiger partial charge is 0.393 e. The lowest BCUT2D eigenvalue weighted by Gasteiger charge is -2.24. The first-order valence-electron chi connectivity index (χ1n) is 7.07. The van der Waals surface area contributed by atoms with Gasteiger partial charge in [0.1, 0.15) is 5.82 Å². The minimum Gasteiger partial charge on any atom is -0.393 e. The standard InChI is InChI=1S/C15H24N2O/c1-10(2)8-13-9-11(3)16-15(17-13)12-4-6-14(18)7-5-12/h9-10,12,14,18H,4-8H2,1-3H3. The molecule has 1 aliphatic rings. The summed E-state index contributed by atoms with van der Waals surface area (Å²) in [6, 6.07) is 2.10. The fourth-order valence-corrected chi connectivity index (χ4v) is 2.70. The van der Waals surface area contributed by atoms with Crippen molar-refractivity contribution < 1.29 is 5.11 Å². The molecule has 1 fully saturated rings. The average Bonchev–Trinajstić information content (AvgIpc) is 2.28. The van der Waals surface area contributed by atoms with E-state index in [1.807, 2.05) is 6.92 Å². The van der Waals surface area contributed by atoms with Crippen LogP contribution in [0.15, 0.2) is 6.07 Å². The van der Waals surface area contributed by atoms with Gasteiger partial charge in [0.25, 0.3) is 0 Å². The zero-order chi connectivity index (χ0) is 13.1. The molecule has 18 heavy (non-hydrogen) atoms. The third-order valence-electron chi connectivity index (χ3n) is 3.60. The van der Waals surface area contributed by atoms with E-state index in [0.717, 1.165) is 43.6 Å². The molecular weight excluding hydrogens is 224 g/mol. The van der Waals surface area contributed by atoms with Crippen LogP contribution in [0.1, 0.15) is 62.7 Å². The molecule has 0 spiro atoms. The summed E-state index contributed by atoms with van der Waals surface area (Å²) in [5.74, 6) is 2.07. The van der Waals surface area contributed by atoms with Gasteiger partial charge >= 0.3 is 0 Å². The number of aromatic nitrogens is 2. The Labute approximate surface area is 110 Å². The van der Waals surface area contributed by atoms with E-state index in [2.05, 4.69) is 24.9 Å². The molecule has 1 aromatic rings. The summed E-state index contributed by atoms with van der Waals surface area (Å²) in [4.78, 5) is 9.33. The van der Waals surface area contributed by atoms with Crippen LogP contribution in [0.5, 0.6) is 0 Å². The van der Waals surface area contributed by atoms with Gasteiger partial charge < -0.3 is 5.11 Å². The fourth-order valence-electron chi connectivity index (χ4n) is 2.70. The Balaban J connectivity index is 2.14. The molecule has 0 unspecified atom stereocenters. The van der Waals surface area contributed by atoms with E-state index >= 15 is 0 Å². The van der Waals surface area contributed by atoms with Crippen molar-refractivity contribution in [1.82, 2.24) is 9.97 Å². The van der Waals surface area contributed by atoms with Crippen molar-refractivity contribution in [2.24, 2.45) is 5.92 Å². The highest BCUT2D eigenvalue weighted by atomic mass is 16.3. The number of aliphatic hydroxyl groups is 1. The van der Waals surface area contributed by atoms with Crippen molar-refractivity contribution in [3.63, 3.8) is 0 Å². The first-order chi connectivity index (χ1) is 8.54. The smallest absolute Gasteiger partial charge is 0.131 e. The monoisotopic (exact) mass is 248 g/mol. The van der Waals surface area contributed by atoms with Crippen LogP contribution in [-0.2, 0) is 6.42 Å². The lowest BCUT2D eigenvalue weighted by Crippen LogP contribution is -2.19. The van der Waals surface area contributed by atoms with Gasteiger partial charge in [-0.1, -0.05) is 13.8 Å². The number of hydrogen-bond donors (Lipinski definition) is 1. The van der Waals surface area contributed by atoms with Crippen molar-refractivity contribution in [2.45, 2.75) is 64.9 Å². The van der Waals surface area contributed by atoms with Crippen LogP contribution in [0.2, 0.25) is 0 Å². The van der Waals surface area contributed by atoms with Crippen molar-refractivity contribution in [3.8, 4) is 0 Å². The lowest BCUT2D eigenvalue weighted by atomic mass is 9.87. The van der Waals surface area contributed by atoms with Crippen LogP contribution in [0.3, 0.4) is 0 Å². The molecule has 0 bridgehead atoms. The maximum atomic E-state index is 9.56. The minimum atomic E-state index is -0.110. The average molecular weight is 248 g/mol. The summed E-state index contributed by atoms with van der Waals surface area (Å²) >= 11 is 0. The molecule has 0 radical (unpaired) electrons. The molecule has 0 atom stereocenters. The molecule has 1 N–H and O–H groups in total. The summed E-state index contributed by atoms with van der Waals surface area (Å²) in [6.45, 7) is 6.48. The molecule has 0 aliphatic heterocycles. The third kappa shape index (κ3) is 3.52. The van der Waals surface area contributed by atoms with E-state index in [0.29, 0.717) is 11.8 Å². The van der Waals surface area contributed by atoms with Crippen molar-refractivity contribution in [1.29, 1.82) is 0 Å². The summed E-state index contributed by atoms with van der Waals surface area (Å²) < 4.78 is 0. The van der Waals surface area contributed by atoms with Gasteiger partial charge in [0.15, 0.2) is 0 Å². The quantitative estimate of drug-likeness (QED) is 0.894. The van der Waals surface area contributed by atoms with Crippen molar-refractivity contribution in [2.75, 3.05) is 0 Å². The SMILES string of the molecule is Cc1cc(CC(C)C)nc(C2CCC(O)CC2)n1. The van der Waals surface area contributed by atoms with Gasteiger partial charge in [0.2, 0.25) is 0 Å². The summed E-state index contributed by atoms with van der Waals surface area (Å²) in [5, 5.41) is 9.56. The maximum Gasteiger partial charge on any atom is 0.131 e. The Morgan fingerprint density at radius 1 is 1.22 bits per heavy atom. The third-order valence-corrected chi connectivity index (χ3v) is 3.60. The Morgan fingerprint density at radius 2 is 1.89 bits per heavy atom. The molecule has 1 saturated carbocycles. The van der Waals surface area contributed by atoms with Gasteiger partial charge in [-0.2, -0.15) is 0 Å². The second kappa shape index (κ2) is 5.79. The van der Waals surface area contributed by atoms with Gasteiger partial charge in [0, 0.05) is 17.3 Å².